The number of hydrogen-bond acceptors (Lipinski definition) is 2. The Balaban J connectivity index is 0.000000615. The van der Waals surface area contributed by atoms with E-state index >= 15 is 0 Å². The molecule has 2 aliphatic rings. The first-order chi connectivity index (χ1) is 10.6. The maximum atomic E-state index is 10.4. The number of rotatable bonds is 3. The van der Waals surface area contributed by atoms with Gasteiger partial charge in [0.25, 0.3) is 0 Å². The van der Waals surface area contributed by atoms with E-state index in [1.54, 1.807) is 12.1 Å². The van der Waals surface area contributed by atoms with Gasteiger partial charge in [0.15, 0.2) is 23.0 Å². The van der Waals surface area contributed by atoms with Crippen molar-refractivity contribution in [2.45, 2.75) is 65.2 Å². The third kappa shape index (κ3) is 5.27. The highest BCUT2D eigenvalue weighted by Crippen LogP contribution is 2.49. The number of allylic oxidation sites excluding steroid dienone is 3. The van der Waals surface area contributed by atoms with Crippen LogP contribution in [0.1, 0.15) is 76.3 Å². The van der Waals surface area contributed by atoms with E-state index in [9.17, 15) is 5.11 Å². The standard InChI is InChI=1S/C16H19IO2.C3H6.CH4/c1-10-3-2-4-12(7-10)16-14(11-5-6-11)8-13(19-17)9-15(16)18;1-3-2;/h7-9,11-12,18H,2-6H2,1H3;3H,1H2,2H3;1H4. The van der Waals surface area contributed by atoms with Gasteiger partial charge in [0, 0.05) is 17.5 Å². The van der Waals surface area contributed by atoms with Crippen LogP contribution in [0.5, 0.6) is 11.5 Å². The van der Waals surface area contributed by atoms with Crippen LogP contribution in [0, 0.1) is 0 Å². The van der Waals surface area contributed by atoms with E-state index in [1.165, 1.54) is 36.8 Å². The molecule has 1 unspecified atom stereocenters. The maximum absolute atomic E-state index is 10.4. The molecule has 0 heterocycles. The SMILES string of the molecule is C.C=CC.CC1=CC(c2c(O)cc(OI)cc2C2CC2)CCC1. The van der Waals surface area contributed by atoms with Crippen LogP contribution in [-0.4, -0.2) is 5.11 Å². The molecule has 0 amide bonds. The third-order valence-electron chi connectivity index (χ3n) is 4.21. The Morgan fingerprint density at radius 1 is 1.30 bits per heavy atom. The molecule has 0 bridgehead atoms. The monoisotopic (exact) mass is 428 g/mol. The van der Waals surface area contributed by atoms with Crippen LogP contribution in [0.4, 0.5) is 0 Å². The predicted molar refractivity (Wildman–Crippen MR) is 108 cm³/mol. The van der Waals surface area contributed by atoms with Crippen molar-refractivity contribution in [3.8, 4) is 11.5 Å². The second kappa shape index (κ2) is 9.36. The summed E-state index contributed by atoms with van der Waals surface area (Å²) in [6.07, 6.45) is 10.1. The van der Waals surface area contributed by atoms with Crippen LogP contribution in [0.15, 0.2) is 36.4 Å². The molecular formula is C20H29IO2. The predicted octanol–water partition coefficient (Wildman–Crippen LogP) is 7.04. The zero-order valence-electron chi connectivity index (χ0n) is 13.4. The fourth-order valence-corrected chi connectivity index (χ4v) is 3.41. The smallest absolute Gasteiger partial charge is 0.192 e. The number of aromatic hydroxyl groups is 1. The molecule has 1 saturated carbocycles. The van der Waals surface area contributed by atoms with Crippen molar-refractivity contribution < 1.29 is 8.17 Å². The van der Waals surface area contributed by atoms with Gasteiger partial charge in [-0.3, -0.25) is 0 Å². The quantitative estimate of drug-likeness (QED) is 0.413. The van der Waals surface area contributed by atoms with Crippen LogP contribution in [0.25, 0.3) is 0 Å². The molecule has 0 saturated heterocycles. The number of phenolic OH excluding ortho intramolecular Hbond substituents is 1. The first-order valence-electron chi connectivity index (χ1n) is 8.00. The molecule has 1 atom stereocenters. The zero-order chi connectivity index (χ0) is 16.1. The van der Waals surface area contributed by atoms with E-state index in [0.717, 1.165) is 17.7 Å². The molecule has 0 radical (unpaired) electrons. The van der Waals surface area contributed by atoms with Gasteiger partial charge in [0.2, 0.25) is 0 Å². The lowest BCUT2D eigenvalue weighted by atomic mass is 9.82. The first-order valence-corrected chi connectivity index (χ1v) is 8.88. The molecule has 1 aromatic rings. The lowest BCUT2D eigenvalue weighted by Gasteiger charge is -2.23. The van der Waals surface area contributed by atoms with Crippen molar-refractivity contribution in [1.29, 1.82) is 0 Å². The molecule has 0 spiro atoms. The molecule has 3 heteroatoms. The van der Waals surface area contributed by atoms with Gasteiger partial charge in [-0.05, 0) is 63.5 Å². The van der Waals surface area contributed by atoms with Crippen molar-refractivity contribution in [3.63, 3.8) is 0 Å². The molecule has 23 heavy (non-hydrogen) atoms. The van der Waals surface area contributed by atoms with Crippen molar-refractivity contribution in [2.24, 2.45) is 0 Å². The number of halogens is 1. The molecule has 1 N–H and O–H groups in total. The molecule has 2 nitrogen and oxygen atoms in total. The van der Waals surface area contributed by atoms with Crippen molar-refractivity contribution >= 4 is 23.0 Å². The van der Waals surface area contributed by atoms with Crippen LogP contribution < -0.4 is 3.07 Å². The summed E-state index contributed by atoms with van der Waals surface area (Å²) in [6, 6.07) is 3.88. The lowest BCUT2D eigenvalue weighted by Crippen LogP contribution is -2.05. The van der Waals surface area contributed by atoms with E-state index in [4.69, 9.17) is 3.07 Å². The average Bonchev–Trinajstić information content (AvgIpc) is 3.31. The van der Waals surface area contributed by atoms with Gasteiger partial charge in [-0.1, -0.05) is 25.2 Å². The van der Waals surface area contributed by atoms with E-state index in [1.807, 2.05) is 29.9 Å². The third-order valence-corrected chi connectivity index (χ3v) is 4.72. The highest BCUT2D eigenvalue weighted by atomic mass is 127. The summed E-state index contributed by atoms with van der Waals surface area (Å²) in [5, 5.41) is 10.4. The summed E-state index contributed by atoms with van der Waals surface area (Å²) in [5.41, 5.74) is 3.91. The maximum Gasteiger partial charge on any atom is 0.192 e. The van der Waals surface area contributed by atoms with Gasteiger partial charge in [-0.25, -0.2) is 0 Å². The topological polar surface area (TPSA) is 29.5 Å². The van der Waals surface area contributed by atoms with Crippen LogP contribution in [0.3, 0.4) is 0 Å². The lowest BCUT2D eigenvalue weighted by molar-refractivity contribution is 0.457. The molecule has 1 aromatic carbocycles. The fraction of sp³-hybridized carbons (Fsp3) is 0.500. The summed E-state index contributed by atoms with van der Waals surface area (Å²) in [7, 11) is 0. The van der Waals surface area contributed by atoms with Gasteiger partial charge < -0.3 is 8.17 Å². The largest absolute Gasteiger partial charge is 0.507 e. The Morgan fingerprint density at radius 2 is 1.96 bits per heavy atom. The number of phenols is 1. The van der Waals surface area contributed by atoms with Crippen molar-refractivity contribution in [2.75, 3.05) is 0 Å². The first kappa shape index (κ1) is 20.1. The summed E-state index contributed by atoms with van der Waals surface area (Å²) in [5.74, 6) is 2.18. The highest BCUT2D eigenvalue weighted by Gasteiger charge is 2.31. The molecule has 3 rings (SSSR count). The minimum absolute atomic E-state index is 0. The average molecular weight is 428 g/mol. The second-order valence-electron chi connectivity index (χ2n) is 6.22. The fourth-order valence-electron chi connectivity index (χ4n) is 3.15. The minimum Gasteiger partial charge on any atom is -0.507 e. The van der Waals surface area contributed by atoms with Gasteiger partial charge in [0.1, 0.15) is 11.5 Å². The molecule has 1 fully saturated rings. The van der Waals surface area contributed by atoms with Gasteiger partial charge in [0.05, 0.1) is 0 Å². The normalized spacial score (nSPS) is 19.6. The summed E-state index contributed by atoms with van der Waals surface area (Å²) in [6.45, 7) is 7.45. The van der Waals surface area contributed by atoms with Gasteiger partial charge in [-0.2, -0.15) is 0 Å². The van der Waals surface area contributed by atoms with Gasteiger partial charge >= 0.3 is 0 Å². The Kier molecular flexibility index (Phi) is 8.17. The number of benzene rings is 1. The van der Waals surface area contributed by atoms with Crippen molar-refractivity contribution in [3.05, 3.63) is 47.6 Å². The van der Waals surface area contributed by atoms with Crippen LogP contribution >= 0.6 is 23.0 Å². The van der Waals surface area contributed by atoms with E-state index < -0.39 is 0 Å². The van der Waals surface area contributed by atoms with Gasteiger partial charge in [-0.15, -0.1) is 6.58 Å². The molecular weight excluding hydrogens is 399 g/mol. The Labute approximate surface area is 155 Å². The Hall–Kier alpha value is -0.970. The summed E-state index contributed by atoms with van der Waals surface area (Å²) in [4.78, 5) is 0. The van der Waals surface area contributed by atoms with E-state index in [2.05, 4.69) is 25.6 Å². The summed E-state index contributed by atoms with van der Waals surface area (Å²) < 4.78 is 5.27. The van der Waals surface area contributed by atoms with E-state index in [-0.39, 0.29) is 7.43 Å². The molecule has 0 aromatic heterocycles. The Bertz CT molecular complexity index is 559. The van der Waals surface area contributed by atoms with Crippen LogP contribution in [-0.2, 0) is 0 Å². The minimum atomic E-state index is 0. The summed E-state index contributed by atoms with van der Waals surface area (Å²) >= 11 is 1.88. The van der Waals surface area contributed by atoms with E-state index in [0.29, 0.717) is 17.6 Å². The molecule has 0 aliphatic heterocycles. The molecule has 2 aliphatic carbocycles. The second-order valence-corrected chi connectivity index (χ2v) is 6.66. The highest BCUT2D eigenvalue weighted by molar-refractivity contribution is 14.1. The Morgan fingerprint density at radius 3 is 2.48 bits per heavy atom. The van der Waals surface area contributed by atoms with Crippen LogP contribution in [0.2, 0.25) is 0 Å². The molecule has 128 valence electrons. The number of hydrogen-bond donors (Lipinski definition) is 1. The zero-order valence-corrected chi connectivity index (χ0v) is 15.6. The van der Waals surface area contributed by atoms with Crippen molar-refractivity contribution in [1.82, 2.24) is 0 Å².